The van der Waals surface area contributed by atoms with Crippen molar-refractivity contribution >= 4 is 17.9 Å². The normalized spacial score (nSPS) is 21.1. The third-order valence-electron chi connectivity index (χ3n) is 3.58. The second-order valence-electron chi connectivity index (χ2n) is 5.33. The van der Waals surface area contributed by atoms with Crippen LogP contribution in [-0.2, 0) is 19.9 Å². The Morgan fingerprint density at radius 2 is 2.14 bits per heavy atom. The van der Waals surface area contributed by atoms with Gasteiger partial charge < -0.3 is 14.5 Å². The van der Waals surface area contributed by atoms with E-state index in [0.717, 1.165) is 4.90 Å². The van der Waals surface area contributed by atoms with E-state index in [1.807, 2.05) is 0 Å². The van der Waals surface area contributed by atoms with Crippen molar-refractivity contribution in [3.05, 3.63) is 23.7 Å². The molecule has 1 aliphatic rings. The molecule has 7 nitrogen and oxygen atoms in total. The van der Waals surface area contributed by atoms with E-state index in [-0.39, 0.29) is 24.8 Å². The molecule has 0 aliphatic carbocycles. The molecule has 1 unspecified atom stereocenters. The summed E-state index contributed by atoms with van der Waals surface area (Å²) >= 11 is 0. The third kappa shape index (κ3) is 2.98. The maximum atomic E-state index is 12.5. The van der Waals surface area contributed by atoms with Crippen molar-refractivity contribution in [2.45, 2.75) is 39.2 Å². The minimum atomic E-state index is -1.20. The Bertz CT molecular complexity index is 595. The molecule has 1 atom stereocenters. The molecule has 1 aliphatic heterocycles. The standard InChI is InChI=1S/C15H20N2O5/c1-4-21-12(18)6-5-9-17-13(19)15(3,16-14(17)20)11-8-7-10(2)22-11/h7-8H,4-6,9H2,1-3H3,(H,16,20). The van der Waals surface area contributed by atoms with E-state index in [9.17, 15) is 14.4 Å². The van der Waals surface area contributed by atoms with Crippen molar-refractivity contribution in [3.63, 3.8) is 0 Å². The van der Waals surface area contributed by atoms with Crippen LogP contribution >= 0.6 is 0 Å². The Labute approximate surface area is 128 Å². The summed E-state index contributed by atoms with van der Waals surface area (Å²) in [5.41, 5.74) is -1.20. The van der Waals surface area contributed by atoms with Gasteiger partial charge in [0.05, 0.1) is 6.61 Å². The number of carbonyl (C=O) groups excluding carboxylic acids is 3. The minimum absolute atomic E-state index is 0.165. The van der Waals surface area contributed by atoms with Gasteiger partial charge in [0.2, 0.25) is 0 Å². The highest BCUT2D eigenvalue weighted by molar-refractivity contribution is 6.06. The molecule has 0 bridgehead atoms. The second-order valence-corrected chi connectivity index (χ2v) is 5.33. The van der Waals surface area contributed by atoms with E-state index in [1.165, 1.54) is 0 Å². The third-order valence-corrected chi connectivity index (χ3v) is 3.58. The average molecular weight is 308 g/mol. The first-order valence-corrected chi connectivity index (χ1v) is 7.25. The van der Waals surface area contributed by atoms with Crippen LogP contribution in [0.1, 0.15) is 38.2 Å². The number of ether oxygens (including phenoxy) is 1. The number of nitrogens with zero attached hydrogens (tertiary/aromatic N) is 1. The van der Waals surface area contributed by atoms with Gasteiger partial charge in [0, 0.05) is 13.0 Å². The summed E-state index contributed by atoms with van der Waals surface area (Å²) in [7, 11) is 0. The number of aryl methyl sites for hydroxylation is 1. The van der Waals surface area contributed by atoms with Gasteiger partial charge >= 0.3 is 12.0 Å². The average Bonchev–Trinajstić information content (AvgIpc) is 2.97. The number of hydrogen-bond acceptors (Lipinski definition) is 5. The van der Waals surface area contributed by atoms with Gasteiger partial charge in [0.25, 0.3) is 5.91 Å². The molecule has 0 radical (unpaired) electrons. The molecule has 7 heteroatoms. The molecule has 2 heterocycles. The lowest BCUT2D eigenvalue weighted by molar-refractivity contribution is -0.143. The number of esters is 1. The van der Waals surface area contributed by atoms with Gasteiger partial charge in [0.15, 0.2) is 5.54 Å². The Kier molecular flexibility index (Phi) is 4.54. The van der Waals surface area contributed by atoms with Crippen LogP contribution < -0.4 is 5.32 Å². The molecule has 2 rings (SSSR count). The molecular formula is C15H20N2O5. The Morgan fingerprint density at radius 1 is 1.41 bits per heavy atom. The van der Waals surface area contributed by atoms with Crippen molar-refractivity contribution in [1.82, 2.24) is 10.2 Å². The summed E-state index contributed by atoms with van der Waals surface area (Å²) in [6.07, 6.45) is 0.534. The highest BCUT2D eigenvalue weighted by atomic mass is 16.5. The molecule has 1 fully saturated rings. The quantitative estimate of drug-likeness (QED) is 0.638. The van der Waals surface area contributed by atoms with Crippen molar-refractivity contribution in [2.75, 3.05) is 13.2 Å². The van der Waals surface area contributed by atoms with E-state index >= 15 is 0 Å². The van der Waals surface area contributed by atoms with E-state index < -0.39 is 11.6 Å². The van der Waals surface area contributed by atoms with Crippen LogP contribution in [-0.4, -0.2) is 36.0 Å². The number of rotatable bonds is 6. The van der Waals surface area contributed by atoms with Crippen LogP contribution in [0.15, 0.2) is 16.5 Å². The van der Waals surface area contributed by atoms with Gasteiger partial charge in [-0.3, -0.25) is 14.5 Å². The number of furan rings is 1. The van der Waals surface area contributed by atoms with Crippen molar-refractivity contribution in [1.29, 1.82) is 0 Å². The maximum Gasteiger partial charge on any atom is 0.325 e. The molecule has 1 aromatic rings. The van der Waals surface area contributed by atoms with Gasteiger partial charge in [-0.1, -0.05) is 0 Å². The summed E-state index contributed by atoms with van der Waals surface area (Å²) in [5, 5.41) is 2.65. The fraction of sp³-hybridized carbons (Fsp3) is 0.533. The number of amides is 3. The molecule has 1 N–H and O–H groups in total. The number of urea groups is 1. The van der Waals surface area contributed by atoms with Gasteiger partial charge in [-0.05, 0) is 39.3 Å². The van der Waals surface area contributed by atoms with Crippen molar-refractivity contribution < 1.29 is 23.5 Å². The molecular weight excluding hydrogens is 288 g/mol. The van der Waals surface area contributed by atoms with E-state index in [4.69, 9.17) is 9.15 Å². The lowest BCUT2D eigenvalue weighted by Crippen LogP contribution is -2.40. The zero-order valence-corrected chi connectivity index (χ0v) is 13.0. The van der Waals surface area contributed by atoms with Crippen LogP contribution in [0.4, 0.5) is 4.79 Å². The molecule has 1 saturated heterocycles. The summed E-state index contributed by atoms with van der Waals surface area (Å²) < 4.78 is 10.3. The van der Waals surface area contributed by atoms with Crippen molar-refractivity contribution in [3.8, 4) is 0 Å². The summed E-state index contributed by atoms with van der Waals surface area (Å²) in [6.45, 7) is 5.59. The predicted octanol–water partition coefficient (Wildman–Crippen LogP) is 1.70. The minimum Gasteiger partial charge on any atom is -0.466 e. The fourth-order valence-electron chi connectivity index (χ4n) is 2.38. The molecule has 0 spiro atoms. The van der Waals surface area contributed by atoms with Gasteiger partial charge in [-0.2, -0.15) is 0 Å². The Balaban J connectivity index is 2.01. The highest BCUT2D eigenvalue weighted by Gasteiger charge is 2.50. The topological polar surface area (TPSA) is 88.8 Å². The molecule has 0 aromatic carbocycles. The van der Waals surface area contributed by atoms with Crippen LogP contribution in [0.25, 0.3) is 0 Å². The first kappa shape index (κ1) is 16.1. The zero-order chi connectivity index (χ0) is 16.3. The van der Waals surface area contributed by atoms with E-state index in [1.54, 1.807) is 32.9 Å². The maximum absolute atomic E-state index is 12.5. The van der Waals surface area contributed by atoms with E-state index in [0.29, 0.717) is 24.5 Å². The molecule has 0 saturated carbocycles. The van der Waals surface area contributed by atoms with Gasteiger partial charge in [-0.15, -0.1) is 0 Å². The lowest BCUT2D eigenvalue weighted by Gasteiger charge is -2.19. The molecule has 22 heavy (non-hydrogen) atoms. The van der Waals surface area contributed by atoms with Crippen LogP contribution in [0.2, 0.25) is 0 Å². The van der Waals surface area contributed by atoms with Crippen LogP contribution in [0, 0.1) is 6.92 Å². The first-order chi connectivity index (χ1) is 10.4. The van der Waals surface area contributed by atoms with Gasteiger partial charge in [-0.25, -0.2) is 4.79 Å². The molecule has 1 aromatic heterocycles. The smallest absolute Gasteiger partial charge is 0.325 e. The largest absolute Gasteiger partial charge is 0.466 e. The zero-order valence-electron chi connectivity index (χ0n) is 13.0. The lowest BCUT2D eigenvalue weighted by atomic mass is 9.99. The summed E-state index contributed by atoms with van der Waals surface area (Å²) in [5.74, 6) is 0.352. The second kappa shape index (κ2) is 6.21. The number of imide groups is 1. The van der Waals surface area contributed by atoms with Crippen LogP contribution in [0.3, 0.4) is 0 Å². The SMILES string of the molecule is CCOC(=O)CCCN1C(=O)NC(C)(c2ccc(C)o2)C1=O. The Morgan fingerprint density at radius 3 is 2.73 bits per heavy atom. The number of nitrogens with one attached hydrogen (secondary N) is 1. The Hall–Kier alpha value is -2.31. The van der Waals surface area contributed by atoms with E-state index in [2.05, 4.69) is 5.32 Å². The van der Waals surface area contributed by atoms with Crippen molar-refractivity contribution in [2.24, 2.45) is 0 Å². The molecule has 120 valence electrons. The van der Waals surface area contributed by atoms with Crippen LogP contribution in [0.5, 0.6) is 0 Å². The fourth-order valence-corrected chi connectivity index (χ4v) is 2.38. The monoisotopic (exact) mass is 308 g/mol. The predicted molar refractivity (Wildman–Crippen MR) is 76.9 cm³/mol. The highest BCUT2D eigenvalue weighted by Crippen LogP contribution is 2.30. The first-order valence-electron chi connectivity index (χ1n) is 7.25. The summed E-state index contributed by atoms with van der Waals surface area (Å²) in [6, 6.07) is 2.93. The summed E-state index contributed by atoms with van der Waals surface area (Å²) in [4.78, 5) is 36.9. The molecule has 3 amide bonds. The number of carbonyl (C=O) groups is 3. The number of hydrogen-bond donors (Lipinski definition) is 1. The van der Waals surface area contributed by atoms with Gasteiger partial charge in [0.1, 0.15) is 11.5 Å².